The van der Waals surface area contributed by atoms with Gasteiger partial charge >= 0.3 is 12.0 Å². The molecular weight excluding hydrogens is 462 g/mol. The van der Waals surface area contributed by atoms with Crippen LogP contribution in [-0.4, -0.2) is 79.7 Å². The Hall–Kier alpha value is -3.11. The molecule has 1 atom stereocenters. The number of nitrogens with one attached hydrogen (secondary N) is 2. The number of nitrogens with zero attached hydrogens (tertiary/aromatic N) is 2. The molecule has 1 aromatic rings. The first kappa shape index (κ1) is 26.0. The Kier molecular flexibility index (Phi) is 8.15. The Morgan fingerprint density at radius 3 is 2.44 bits per heavy atom. The third-order valence-corrected chi connectivity index (χ3v) is 7.58. The van der Waals surface area contributed by atoms with Gasteiger partial charge in [-0.1, -0.05) is 24.6 Å². The number of urea groups is 1. The molecule has 1 aromatic carbocycles. The highest BCUT2D eigenvalue weighted by Crippen LogP contribution is 2.35. The topological polar surface area (TPSA) is 126 Å². The summed E-state index contributed by atoms with van der Waals surface area (Å²) in [7, 11) is 1.55. The molecule has 0 saturated carbocycles. The number of hydrogen-bond acceptors (Lipinski definition) is 7. The van der Waals surface area contributed by atoms with Gasteiger partial charge in [0.05, 0.1) is 25.3 Å². The van der Waals surface area contributed by atoms with Gasteiger partial charge in [0.1, 0.15) is 11.3 Å². The average molecular weight is 500 g/mol. The smallest absolute Gasteiger partial charge is 0.338 e. The number of esters is 1. The number of piperidine rings is 2. The van der Waals surface area contributed by atoms with Gasteiger partial charge in [-0.15, -0.1) is 0 Å². The summed E-state index contributed by atoms with van der Waals surface area (Å²) in [6.07, 6.45) is 4.58. The van der Waals surface area contributed by atoms with E-state index < -0.39 is 23.6 Å². The minimum atomic E-state index is -0.716. The van der Waals surface area contributed by atoms with Crippen LogP contribution in [0, 0.1) is 0 Å². The fourth-order valence-electron chi connectivity index (χ4n) is 5.68. The van der Waals surface area contributed by atoms with Crippen LogP contribution >= 0.6 is 0 Å². The van der Waals surface area contributed by atoms with E-state index in [2.05, 4.69) is 20.4 Å². The zero-order valence-electron chi connectivity index (χ0n) is 21.2. The molecule has 3 aliphatic heterocycles. The maximum Gasteiger partial charge on any atom is 0.338 e. The molecule has 0 radical (unpaired) electrons. The Morgan fingerprint density at radius 2 is 1.81 bits per heavy atom. The molecule has 2 saturated heterocycles. The summed E-state index contributed by atoms with van der Waals surface area (Å²) in [5.74, 6) is -0.189. The lowest BCUT2D eigenvalue weighted by Crippen LogP contribution is -2.63. The van der Waals surface area contributed by atoms with Crippen LogP contribution in [0.3, 0.4) is 0 Å². The Bertz CT molecular complexity index is 1010. The molecule has 0 bridgehead atoms. The maximum atomic E-state index is 13.1. The molecule has 3 heterocycles. The van der Waals surface area contributed by atoms with Gasteiger partial charge in [0, 0.05) is 30.9 Å². The predicted octanol–water partition coefficient (Wildman–Crippen LogP) is 1.67. The van der Waals surface area contributed by atoms with Gasteiger partial charge in [-0.3, -0.25) is 14.6 Å². The predicted molar refractivity (Wildman–Crippen MR) is 134 cm³/mol. The molecule has 0 spiro atoms. The zero-order chi connectivity index (χ0) is 25.7. The van der Waals surface area contributed by atoms with E-state index in [0.717, 1.165) is 25.9 Å². The van der Waals surface area contributed by atoms with Crippen molar-refractivity contribution in [2.24, 2.45) is 5.73 Å². The molecule has 0 aromatic heterocycles. The van der Waals surface area contributed by atoms with Crippen LogP contribution in [0.1, 0.15) is 50.6 Å². The number of likely N-dealkylation sites (tertiary alicyclic amines) is 2. The van der Waals surface area contributed by atoms with E-state index in [-0.39, 0.29) is 12.5 Å². The Morgan fingerprint density at radius 1 is 1.11 bits per heavy atom. The van der Waals surface area contributed by atoms with Gasteiger partial charge in [-0.05, 0) is 51.8 Å². The number of rotatable bonds is 8. The summed E-state index contributed by atoms with van der Waals surface area (Å²) in [5, 5.41) is 5.70. The van der Waals surface area contributed by atoms with Crippen LogP contribution < -0.4 is 21.1 Å². The van der Waals surface area contributed by atoms with Gasteiger partial charge in [-0.2, -0.15) is 0 Å². The lowest BCUT2D eigenvalue weighted by atomic mass is 9.83. The Labute approximate surface area is 212 Å². The van der Waals surface area contributed by atoms with Crippen LogP contribution in [0.25, 0.3) is 0 Å². The van der Waals surface area contributed by atoms with Crippen molar-refractivity contribution in [3.63, 3.8) is 0 Å². The van der Waals surface area contributed by atoms with E-state index in [1.165, 1.54) is 6.42 Å². The van der Waals surface area contributed by atoms with Gasteiger partial charge in [0.2, 0.25) is 5.91 Å². The highest BCUT2D eigenvalue weighted by Gasteiger charge is 2.45. The lowest BCUT2D eigenvalue weighted by Gasteiger charge is -2.48. The number of benzene rings is 1. The molecule has 0 aliphatic carbocycles. The summed E-state index contributed by atoms with van der Waals surface area (Å²) in [5.41, 5.74) is 6.83. The normalized spacial score (nSPS) is 22.9. The molecular formula is C26H37N5O5. The molecule has 4 rings (SSSR count). The van der Waals surface area contributed by atoms with E-state index in [4.69, 9.17) is 15.2 Å². The first-order valence-electron chi connectivity index (χ1n) is 12.8. The standard InChI is InChI=1S/C26H37N5O5/c1-3-36-23(32)21-19(28-25(34)29-22(21)18-9-5-6-10-20(18)35-2)17-30-15-11-26(12-16-30,24(27)33)31-13-7-4-8-14-31/h5-6,9-10,22H,3-4,7-8,11-17H2,1-2H3,(H2,27,33)(H2,28,29,34)/t22-/m1/s1. The van der Waals surface area contributed by atoms with E-state index in [1.54, 1.807) is 20.1 Å². The number of hydrogen-bond donors (Lipinski definition) is 3. The highest BCUT2D eigenvalue weighted by molar-refractivity contribution is 5.95. The molecule has 196 valence electrons. The molecule has 4 N–H and O–H groups in total. The summed E-state index contributed by atoms with van der Waals surface area (Å²) >= 11 is 0. The molecule has 36 heavy (non-hydrogen) atoms. The molecule has 0 unspecified atom stereocenters. The van der Waals surface area contributed by atoms with Crippen molar-refractivity contribution in [3.05, 3.63) is 41.1 Å². The second kappa shape index (κ2) is 11.3. The number of para-hydroxylation sites is 1. The van der Waals surface area contributed by atoms with Crippen molar-refractivity contribution in [1.29, 1.82) is 0 Å². The van der Waals surface area contributed by atoms with Gasteiger partial charge < -0.3 is 25.8 Å². The van der Waals surface area contributed by atoms with E-state index in [9.17, 15) is 14.4 Å². The maximum absolute atomic E-state index is 13.1. The third-order valence-electron chi connectivity index (χ3n) is 7.58. The number of carbonyl (C=O) groups excluding carboxylic acids is 3. The monoisotopic (exact) mass is 499 g/mol. The van der Waals surface area contributed by atoms with Crippen molar-refractivity contribution in [1.82, 2.24) is 20.4 Å². The van der Waals surface area contributed by atoms with Crippen LogP contribution in [0.4, 0.5) is 4.79 Å². The second-order valence-electron chi connectivity index (χ2n) is 9.61. The molecule has 2 fully saturated rings. The fourth-order valence-corrected chi connectivity index (χ4v) is 5.68. The minimum Gasteiger partial charge on any atom is -0.496 e. The number of primary amides is 1. The SMILES string of the molecule is CCOC(=O)C1=C(CN2CCC(C(N)=O)(N3CCCCC3)CC2)NC(=O)N[C@@H]1c1ccccc1OC. The summed E-state index contributed by atoms with van der Waals surface area (Å²) < 4.78 is 10.9. The van der Waals surface area contributed by atoms with Crippen LogP contribution in [0.2, 0.25) is 0 Å². The number of amides is 3. The number of methoxy groups -OCH3 is 1. The first-order valence-corrected chi connectivity index (χ1v) is 12.8. The van der Waals surface area contributed by atoms with Gasteiger partial charge in [0.25, 0.3) is 0 Å². The second-order valence-corrected chi connectivity index (χ2v) is 9.61. The number of ether oxygens (including phenoxy) is 2. The fraction of sp³-hybridized carbons (Fsp3) is 0.577. The number of carbonyl (C=O) groups is 3. The summed E-state index contributed by atoms with van der Waals surface area (Å²) in [4.78, 5) is 42.9. The van der Waals surface area contributed by atoms with Crippen LogP contribution in [0.15, 0.2) is 35.5 Å². The van der Waals surface area contributed by atoms with Crippen LogP contribution in [-0.2, 0) is 14.3 Å². The van der Waals surface area contributed by atoms with Crippen molar-refractivity contribution < 1.29 is 23.9 Å². The molecule has 3 aliphatic rings. The third kappa shape index (κ3) is 5.19. The van der Waals surface area contributed by atoms with E-state index in [0.29, 0.717) is 55.1 Å². The van der Waals surface area contributed by atoms with Crippen molar-refractivity contribution in [2.75, 3.05) is 46.4 Å². The first-order chi connectivity index (χ1) is 17.4. The lowest BCUT2D eigenvalue weighted by molar-refractivity contribution is -0.139. The highest BCUT2D eigenvalue weighted by atomic mass is 16.5. The van der Waals surface area contributed by atoms with Crippen molar-refractivity contribution >= 4 is 17.9 Å². The molecule has 10 nitrogen and oxygen atoms in total. The van der Waals surface area contributed by atoms with E-state index >= 15 is 0 Å². The zero-order valence-corrected chi connectivity index (χ0v) is 21.2. The van der Waals surface area contributed by atoms with Gasteiger partial charge in [0.15, 0.2) is 0 Å². The summed E-state index contributed by atoms with van der Waals surface area (Å²) in [6.45, 7) is 5.35. The van der Waals surface area contributed by atoms with Crippen LogP contribution in [0.5, 0.6) is 5.75 Å². The van der Waals surface area contributed by atoms with Gasteiger partial charge in [-0.25, -0.2) is 9.59 Å². The largest absolute Gasteiger partial charge is 0.496 e. The Balaban J connectivity index is 1.60. The van der Waals surface area contributed by atoms with Crippen molar-refractivity contribution in [2.45, 2.75) is 50.6 Å². The number of nitrogens with two attached hydrogens (primary N) is 1. The van der Waals surface area contributed by atoms with Crippen molar-refractivity contribution in [3.8, 4) is 5.75 Å². The molecule has 3 amide bonds. The molecule has 10 heteroatoms. The minimum absolute atomic E-state index is 0.211. The summed E-state index contributed by atoms with van der Waals surface area (Å²) in [6, 6.07) is 6.18. The quantitative estimate of drug-likeness (QED) is 0.465. The average Bonchev–Trinajstić information content (AvgIpc) is 2.89. The van der Waals surface area contributed by atoms with E-state index in [1.807, 2.05) is 18.2 Å².